The lowest BCUT2D eigenvalue weighted by Gasteiger charge is -2.11. The Kier molecular flexibility index (Phi) is 4.06. The van der Waals surface area contributed by atoms with Crippen molar-refractivity contribution in [3.05, 3.63) is 59.4 Å². The van der Waals surface area contributed by atoms with E-state index < -0.39 is 15.8 Å². The lowest BCUT2D eigenvalue weighted by atomic mass is 10.1. The fourth-order valence-electron chi connectivity index (χ4n) is 1.75. The molecule has 0 radical (unpaired) electrons. The Balaban J connectivity index is 2.29. The Hall–Kier alpha value is -1.92. The number of hydrogen-bond acceptors (Lipinski definition) is 3. The summed E-state index contributed by atoms with van der Waals surface area (Å²) in [7, 11) is -4.04. The first-order valence-corrected chi connectivity index (χ1v) is 7.42. The maximum Gasteiger partial charge on any atom is 0.241 e. The SMILES string of the molecule is Cc1ccccc1COc1ccc(F)cc1S(N)(=O)=O. The topological polar surface area (TPSA) is 69.4 Å². The Labute approximate surface area is 117 Å². The van der Waals surface area contributed by atoms with Crippen LogP contribution >= 0.6 is 0 Å². The average Bonchev–Trinajstić information content (AvgIpc) is 2.38. The summed E-state index contributed by atoms with van der Waals surface area (Å²) in [5.74, 6) is -0.644. The molecule has 6 heteroatoms. The highest BCUT2D eigenvalue weighted by Crippen LogP contribution is 2.24. The number of halogens is 1. The lowest BCUT2D eigenvalue weighted by Crippen LogP contribution is -2.14. The molecule has 0 aliphatic heterocycles. The van der Waals surface area contributed by atoms with Crippen LogP contribution < -0.4 is 9.88 Å². The van der Waals surface area contributed by atoms with Gasteiger partial charge in [0.05, 0.1) is 0 Å². The first-order valence-electron chi connectivity index (χ1n) is 5.87. The second-order valence-corrected chi connectivity index (χ2v) is 5.88. The number of hydrogen-bond donors (Lipinski definition) is 1. The molecule has 2 rings (SSSR count). The first-order chi connectivity index (χ1) is 9.38. The van der Waals surface area contributed by atoms with Gasteiger partial charge in [-0.2, -0.15) is 0 Å². The molecule has 0 saturated heterocycles. The molecule has 0 aliphatic carbocycles. The highest BCUT2D eigenvalue weighted by atomic mass is 32.2. The number of ether oxygens (including phenoxy) is 1. The molecule has 0 fully saturated rings. The van der Waals surface area contributed by atoms with Crippen molar-refractivity contribution in [1.29, 1.82) is 0 Å². The van der Waals surface area contributed by atoms with Crippen LogP contribution in [0.4, 0.5) is 4.39 Å². The van der Waals surface area contributed by atoms with Gasteiger partial charge >= 0.3 is 0 Å². The Morgan fingerprint density at radius 2 is 1.90 bits per heavy atom. The molecule has 2 N–H and O–H groups in total. The first kappa shape index (κ1) is 14.5. The van der Waals surface area contributed by atoms with Crippen molar-refractivity contribution in [2.75, 3.05) is 0 Å². The van der Waals surface area contributed by atoms with Crippen LogP contribution in [0.25, 0.3) is 0 Å². The molecule has 0 spiro atoms. The molecule has 0 unspecified atom stereocenters. The van der Waals surface area contributed by atoms with E-state index in [4.69, 9.17) is 9.88 Å². The minimum absolute atomic E-state index is 0.0390. The highest BCUT2D eigenvalue weighted by molar-refractivity contribution is 7.89. The van der Waals surface area contributed by atoms with E-state index in [1.807, 2.05) is 31.2 Å². The summed E-state index contributed by atoms with van der Waals surface area (Å²) in [6.07, 6.45) is 0. The third-order valence-corrected chi connectivity index (χ3v) is 3.79. The van der Waals surface area contributed by atoms with E-state index in [-0.39, 0.29) is 17.3 Å². The van der Waals surface area contributed by atoms with Gasteiger partial charge in [0.2, 0.25) is 10.0 Å². The maximum absolute atomic E-state index is 13.1. The molecule has 0 atom stereocenters. The van der Waals surface area contributed by atoms with Gasteiger partial charge in [-0.25, -0.2) is 17.9 Å². The average molecular weight is 295 g/mol. The van der Waals surface area contributed by atoms with E-state index in [1.54, 1.807) is 0 Å². The fraction of sp³-hybridized carbons (Fsp3) is 0.143. The smallest absolute Gasteiger partial charge is 0.241 e. The Morgan fingerprint density at radius 1 is 1.20 bits per heavy atom. The second kappa shape index (κ2) is 5.60. The quantitative estimate of drug-likeness (QED) is 0.941. The van der Waals surface area contributed by atoms with Gasteiger partial charge in [-0.1, -0.05) is 24.3 Å². The van der Waals surface area contributed by atoms with E-state index in [2.05, 4.69) is 0 Å². The summed E-state index contributed by atoms with van der Waals surface area (Å²) in [5, 5.41) is 5.05. The number of aryl methyl sites for hydroxylation is 1. The van der Waals surface area contributed by atoms with E-state index in [0.717, 1.165) is 23.3 Å². The zero-order valence-electron chi connectivity index (χ0n) is 10.8. The van der Waals surface area contributed by atoms with Crippen molar-refractivity contribution in [2.45, 2.75) is 18.4 Å². The van der Waals surface area contributed by atoms with Crippen molar-refractivity contribution in [3.8, 4) is 5.75 Å². The summed E-state index contributed by atoms with van der Waals surface area (Å²) >= 11 is 0. The van der Waals surface area contributed by atoms with Crippen molar-refractivity contribution in [1.82, 2.24) is 0 Å². The molecule has 0 aromatic heterocycles. The van der Waals surface area contributed by atoms with Crippen molar-refractivity contribution in [2.24, 2.45) is 5.14 Å². The molecule has 2 aromatic carbocycles. The van der Waals surface area contributed by atoms with Crippen LogP contribution in [0.3, 0.4) is 0 Å². The molecule has 0 bridgehead atoms. The van der Waals surface area contributed by atoms with Gasteiger partial charge in [0.15, 0.2) is 0 Å². The summed E-state index contributed by atoms with van der Waals surface area (Å²) in [5.41, 5.74) is 1.93. The van der Waals surface area contributed by atoms with Crippen LogP contribution in [0.1, 0.15) is 11.1 Å². The largest absolute Gasteiger partial charge is 0.487 e. The normalized spacial score (nSPS) is 11.3. The molecule has 106 valence electrons. The van der Waals surface area contributed by atoms with Gasteiger partial charge in [0, 0.05) is 0 Å². The minimum Gasteiger partial charge on any atom is -0.487 e. The van der Waals surface area contributed by atoms with Gasteiger partial charge in [-0.15, -0.1) is 0 Å². The Bertz CT molecular complexity index is 729. The number of benzene rings is 2. The van der Waals surface area contributed by atoms with Crippen LogP contribution in [0.15, 0.2) is 47.4 Å². The third-order valence-electron chi connectivity index (χ3n) is 2.86. The molecule has 2 aromatic rings. The van der Waals surface area contributed by atoms with Crippen molar-refractivity contribution < 1.29 is 17.5 Å². The number of nitrogens with two attached hydrogens (primary N) is 1. The Morgan fingerprint density at radius 3 is 2.55 bits per heavy atom. The molecule has 0 amide bonds. The van der Waals surface area contributed by atoms with Gasteiger partial charge in [-0.3, -0.25) is 0 Å². The molecule has 0 aliphatic rings. The van der Waals surface area contributed by atoms with Gasteiger partial charge in [0.25, 0.3) is 0 Å². The third kappa shape index (κ3) is 3.34. The van der Waals surface area contributed by atoms with Gasteiger partial charge in [0.1, 0.15) is 23.1 Å². The predicted octanol–water partition coefficient (Wildman–Crippen LogP) is 2.36. The monoisotopic (exact) mass is 295 g/mol. The molecule has 0 saturated carbocycles. The van der Waals surface area contributed by atoms with Crippen LogP contribution in [-0.2, 0) is 16.6 Å². The van der Waals surface area contributed by atoms with E-state index in [9.17, 15) is 12.8 Å². The van der Waals surface area contributed by atoms with Crippen molar-refractivity contribution in [3.63, 3.8) is 0 Å². The summed E-state index contributed by atoms with van der Waals surface area (Å²) in [4.78, 5) is -0.355. The van der Waals surface area contributed by atoms with E-state index >= 15 is 0 Å². The van der Waals surface area contributed by atoms with Crippen LogP contribution in [0, 0.1) is 12.7 Å². The standard InChI is InChI=1S/C14H14FNO3S/c1-10-4-2-3-5-11(10)9-19-13-7-6-12(15)8-14(13)20(16,17)18/h2-8H,9H2,1H3,(H2,16,17,18). The summed E-state index contributed by atoms with van der Waals surface area (Å²) in [6, 6.07) is 10.8. The van der Waals surface area contributed by atoms with Crippen LogP contribution in [0.5, 0.6) is 5.75 Å². The summed E-state index contributed by atoms with van der Waals surface area (Å²) < 4.78 is 41.4. The van der Waals surface area contributed by atoms with Gasteiger partial charge in [-0.05, 0) is 36.2 Å². The fourth-order valence-corrected chi connectivity index (χ4v) is 2.44. The molecule has 0 heterocycles. The predicted molar refractivity (Wildman–Crippen MR) is 73.3 cm³/mol. The van der Waals surface area contributed by atoms with Crippen molar-refractivity contribution >= 4 is 10.0 Å². The number of rotatable bonds is 4. The van der Waals surface area contributed by atoms with Crippen LogP contribution in [-0.4, -0.2) is 8.42 Å². The summed E-state index contributed by atoms with van der Waals surface area (Å²) in [6.45, 7) is 2.10. The zero-order chi connectivity index (χ0) is 14.8. The number of primary sulfonamides is 1. The lowest BCUT2D eigenvalue weighted by molar-refractivity contribution is 0.296. The maximum atomic E-state index is 13.1. The molecule has 4 nitrogen and oxygen atoms in total. The molecular formula is C14H14FNO3S. The van der Waals surface area contributed by atoms with E-state index in [0.29, 0.717) is 0 Å². The van der Waals surface area contributed by atoms with E-state index in [1.165, 1.54) is 6.07 Å². The zero-order valence-corrected chi connectivity index (χ0v) is 11.7. The molecular weight excluding hydrogens is 281 g/mol. The van der Waals surface area contributed by atoms with Crippen LogP contribution in [0.2, 0.25) is 0 Å². The second-order valence-electron chi connectivity index (χ2n) is 4.35. The van der Waals surface area contributed by atoms with Gasteiger partial charge < -0.3 is 4.74 Å². The highest BCUT2D eigenvalue weighted by Gasteiger charge is 2.16. The minimum atomic E-state index is -4.04. The molecule has 20 heavy (non-hydrogen) atoms. The number of sulfonamides is 1.